The Morgan fingerprint density at radius 3 is 2.23 bits per heavy atom. The molecule has 3 saturated carbocycles. The molecule has 3 aliphatic carbocycles. The lowest BCUT2D eigenvalue weighted by Crippen LogP contribution is -2.55. The molecule has 0 saturated heterocycles. The summed E-state index contributed by atoms with van der Waals surface area (Å²) in [4.78, 5) is 34.6. The average Bonchev–Trinajstić information content (AvgIpc) is 2.87. The van der Waals surface area contributed by atoms with Gasteiger partial charge in [-0.25, -0.2) is 0 Å². The van der Waals surface area contributed by atoms with Gasteiger partial charge in [0.2, 0.25) is 0 Å². The van der Waals surface area contributed by atoms with E-state index in [1.165, 1.54) is 20.1 Å². The minimum Gasteiger partial charge on any atom is -0.481 e. The first-order valence-electron chi connectivity index (χ1n) is 11.2. The molecule has 0 radical (unpaired) electrons. The molecule has 7 atom stereocenters. The SMILES string of the molecule is CC(=O)O/C=C/[C@]1(C)[C@H](CC(=O)O)CC[C@@H]2[C@@H]1CC[C@@]1(C)[C@H]2CC[C@]1(C)OC(C)=O. The van der Waals surface area contributed by atoms with Gasteiger partial charge in [0.15, 0.2) is 0 Å². The molecular weight excluding hydrogens is 384 g/mol. The van der Waals surface area contributed by atoms with Crippen LogP contribution < -0.4 is 0 Å². The van der Waals surface area contributed by atoms with Crippen LogP contribution in [0.5, 0.6) is 0 Å². The van der Waals surface area contributed by atoms with Crippen LogP contribution in [0.25, 0.3) is 0 Å². The van der Waals surface area contributed by atoms with E-state index in [0.29, 0.717) is 17.8 Å². The van der Waals surface area contributed by atoms with Crippen LogP contribution in [0.4, 0.5) is 0 Å². The number of aliphatic carboxylic acids is 1. The summed E-state index contributed by atoms with van der Waals surface area (Å²) in [6, 6.07) is 0. The Bertz CT molecular complexity index is 744. The highest BCUT2D eigenvalue weighted by Crippen LogP contribution is 2.67. The summed E-state index contributed by atoms with van der Waals surface area (Å²) in [6.45, 7) is 9.36. The van der Waals surface area contributed by atoms with Crippen molar-refractivity contribution in [3.8, 4) is 0 Å². The highest BCUT2D eigenvalue weighted by molar-refractivity contribution is 5.68. The van der Waals surface area contributed by atoms with E-state index in [4.69, 9.17) is 9.47 Å². The zero-order chi connectivity index (χ0) is 22.3. The predicted octanol–water partition coefficient (Wildman–Crippen LogP) is 4.72. The Labute approximate surface area is 179 Å². The summed E-state index contributed by atoms with van der Waals surface area (Å²) >= 11 is 0. The minimum atomic E-state index is -0.783. The number of esters is 2. The van der Waals surface area contributed by atoms with Gasteiger partial charge in [0, 0.05) is 25.7 Å². The molecule has 1 N–H and O–H groups in total. The highest BCUT2D eigenvalue weighted by Gasteiger charge is 2.64. The summed E-state index contributed by atoms with van der Waals surface area (Å²) in [5.74, 6) is -0.170. The summed E-state index contributed by atoms with van der Waals surface area (Å²) in [7, 11) is 0. The van der Waals surface area contributed by atoms with Gasteiger partial charge in [0.25, 0.3) is 0 Å². The number of allylic oxidation sites excluding steroid dienone is 1. The number of carbonyl (C=O) groups is 3. The third-order valence-electron chi connectivity index (χ3n) is 8.95. The fraction of sp³-hybridized carbons (Fsp3) is 0.792. The maximum Gasteiger partial charge on any atom is 0.307 e. The van der Waals surface area contributed by atoms with E-state index in [0.717, 1.165) is 38.5 Å². The van der Waals surface area contributed by atoms with Gasteiger partial charge in [-0.3, -0.25) is 14.4 Å². The summed E-state index contributed by atoms with van der Waals surface area (Å²) in [6.07, 6.45) is 9.15. The summed E-state index contributed by atoms with van der Waals surface area (Å²) < 4.78 is 11.0. The van der Waals surface area contributed by atoms with Gasteiger partial charge in [-0.1, -0.05) is 13.8 Å². The Kier molecular flexibility index (Phi) is 6.09. The Morgan fingerprint density at radius 1 is 0.967 bits per heavy atom. The average molecular weight is 421 g/mol. The fourth-order valence-corrected chi connectivity index (χ4v) is 7.25. The van der Waals surface area contributed by atoms with Crippen LogP contribution in [0.15, 0.2) is 12.3 Å². The number of carboxylic acids is 1. The van der Waals surface area contributed by atoms with Crippen molar-refractivity contribution in [3.63, 3.8) is 0 Å². The largest absolute Gasteiger partial charge is 0.481 e. The third-order valence-corrected chi connectivity index (χ3v) is 8.95. The number of carbonyl (C=O) groups excluding carboxylic acids is 2. The Morgan fingerprint density at radius 2 is 1.63 bits per heavy atom. The first-order valence-corrected chi connectivity index (χ1v) is 11.2. The summed E-state index contributed by atoms with van der Waals surface area (Å²) in [5, 5.41) is 9.49. The quantitative estimate of drug-likeness (QED) is 0.511. The maximum atomic E-state index is 11.8. The molecule has 6 heteroatoms. The molecule has 0 aromatic carbocycles. The number of hydrogen-bond donors (Lipinski definition) is 1. The molecule has 0 amide bonds. The van der Waals surface area contributed by atoms with Gasteiger partial charge in [-0.05, 0) is 80.6 Å². The molecular formula is C24H36O6. The number of carboxylic acid groups (broad SMARTS) is 1. The van der Waals surface area contributed by atoms with E-state index in [2.05, 4.69) is 20.8 Å². The zero-order valence-electron chi connectivity index (χ0n) is 18.9. The molecule has 0 aromatic rings. The van der Waals surface area contributed by atoms with Gasteiger partial charge in [-0.2, -0.15) is 0 Å². The molecule has 0 spiro atoms. The molecule has 3 aliphatic rings. The van der Waals surface area contributed by atoms with E-state index >= 15 is 0 Å². The molecule has 0 bridgehead atoms. The number of fused-ring (bicyclic) bond motifs is 3. The molecule has 168 valence electrons. The van der Waals surface area contributed by atoms with Crippen molar-refractivity contribution in [1.82, 2.24) is 0 Å². The zero-order valence-corrected chi connectivity index (χ0v) is 18.9. The van der Waals surface area contributed by atoms with E-state index in [-0.39, 0.29) is 35.1 Å². The van der Waals surface area contributed by atoms with E-state index in [9.17, 15) is 19.5 Å². The number of ether oxygens (including phenoxy) is 2. The Hall–Kier alpha value is -1.85. The Balaban J connectivity index is 1.92. The normalized spacial score (nSPS) is 43.0. The smallest absolute Gasteiger partial charge is 0.307 e. The van der Waals surface area contributed by atoms with Crippen molar-refractivity contribution in [2.45, 2.75) is 85.2 Å². The lowest BCUT2D eigenvalue weighted by Gasteiger charge is -2.59. The first-order chi connectivity index (χ1) is 13.9. The van der Waals surface area contributed by atoms with Crippen LogP contribution in [-0.4, -0.2) is 28.6 Å². The lowest BCUT2D eigenvalue weighted by molar-refractivity contribution is -0.179. The highest BCUT2D eigenvalue weighted by atomic mass is 16.6. The molecule has 0 aliphatic heterocycles. The minimum absolute atomic E-state index is 0.00803. The standard InChI is InChI=1S/C24H36O6/c1-15(25)29-13-12-22(3)17(14-21(27)28)6-7-18-19(22)8-10-23(4)20(18)9-11-24(23,5)30-16(2)26/h12-13,17-20H,6-11,14H2,1-5H3,(H,27,28)/b13-12+/t17-,18+,19-,20-,22+,23-,24-/m0/s1. The topological polar surface area (TPSA) is 89.9 Å². The van der Waals surface area contributed by atoms with Crippen molar-refractivity contribution >= 4 is 17.9 Å². The fourth-order valence-electron chi connectivity index (χ4n) is 7.25. The van der Waals surface area contributed by atoms with Crippen molar-refractivity contribution < 1.29 is 29.0 Å². The van der Waals surface area contributed by atoms with Crippen molar-refractivity contribution in [2.24, 2.45) is 34.5 Å². The molecule has 3 fully saturated rings. The van der Waals surface area contributed by atoms with Gasteiger partial charge >= 0.3 is 17.9 Å². The molecule has 6 nitrogen and oxygen atoms in total. The van der Waals surface area contributed by atoms with Crippen molar-refractivity contribution in [1.29, 1.82) is 0 Å². The lowest BCUT2D eigenvalue weighted by atomic mass is 9.46. The van der Waals surface area contributed by atoms with Crippen LogP contribution in [0.3, 0.4) is 0 Å². The predicted molar refractivity (Wildman–Crippen MR) is 111 cm³/mol. The number of hydrogen-bond acceptors (Lipinski definition) is 5. The van der Waals surface area contributed by atoms with Crippen LogP contribution in [0, 0.1) is 34.5 Å². The van der Waals surface area contributed by atoms with Crippen LogP contribution in [0.2, 0.25) is 0 Å². The van der Waals surface area contributed by atoms with Crippen molar-refractivity contribution in [2.75, 3.05) is 0 Å². The first kappa shape index (κ1) is 22.8. The second-order valence-corrected chi connectivity index (χ2v) is 10.3. The van der Waals surface area contributed by atoms with E-state index in [1.807, 2.05) is 6.08 Å². The van der Waals surface area contributed by atoms with E-state index < -0.39 is 11.6 Å². The molecule has 3 rings (SSSR count). The van der Waals surface area contributed by atoms with Gasteiger partial charge < -0.3 is 14.6 Å². The van der Waals surface area contributed by atoms with Crippen molar-refractivity contribution in [3.05, 3.63) is 12.3 Å². The molecule has 0 heterocycles. The second-order valence-electron chi connectivity index (χ2n) is 10.3. The van der Waals surface area contributed by atoms with Crippen LogP contribution in [-0.2, 0) is 23.9 Å². The second kappa shape index (κ2) is 8.01. The van der Waals surface area contributed by atoms with E-state index in [1.54, 1.807) is 0 Å². The van der Waals surface area contributed by atoms with Gasteiger partial charge in [-0.15, -0.1) is 0 Å². The van der Waals surface area contributed by atoms with Crippen LogP contribution in [0.1, 0.15) is 79.6 Å². The van der Waals surface area contributed by atoms with Crippen LogP contribution >= 0.6 is 0 Å². The monoisotopic (exact) mass is 420 g/mol. The van der Waals surface area contributed by atoms with Gasteiger partial charge in [0.1, 0.15) is 5.60 Å². The molecule has 30 heavy (non-hydrogen) atoms. The number of rotatable bonds is 5. The molecule has 0 unspecified atom stereocenters. The maximum absolute atomic E-state index is 11.8. The third kappa shape index (κ3) is 3.78. The van der Waals surface area contributed by atoms with Gasteiger partial charge in [0.05, 0.1) is 6.26 Å². The molecule has 0 aromatic heterocycles. The summed E-state index contributed by atoms with van der Waals surface area (Å²) in [5.41, 5.74) is -0.866.